The summed E-state index contributed by atoms with van der Waals surface area (Å²) < 4.78 is 10.4. The molecule has 1 amide bonds. The summed E-state index contributed by atoms with van der Waals surface area (Å²) in [4.78, 5) is 26.0. The van der Waals surface area contributed by atoms with Crippen LogP contribution in [0.25, 0.3) is 0 Å². The Balaban J connectivity index is 1.97. The molecule has 2 rings (SSSR count). The third kappa shape index (κ3) is 4.24. The maximum absolute atomic E-state index is 12.3. The zero-order valence-corrected chi connectivity index (χ0v) is 14.1. The Morgan fingerprint density at radius 2 is 2.04 bits per heavy atom. The van der Waals surface area contributed by atoms with Gasteiger partial charge >= 0.3 is 5.97 Å². The number of likely N-dealkylation sites (tertiary alicyclic amines) is 1. The van der Waals surface area contributed by atoms with E-state index in [0.29, 0.717) is 13.2 Å². The van der Waals surface area contributed by atoms with Crippen molar-refractivity contribution in [3.63, 3.8) is 0 Å². The highest BCUT2D eigenvalue weighted by Crippen LogP contribution is 2.29. The molecule has 0 N–H and O–H groups in total. The zero-order valence-electron chi connectivity index (χ0n) is 14.1. The summed E-state index contributed by atoms with van der Waals surface area (Å²) in [6.45, 7) is 4.89. The minimum absolute atomic E-state index is 0.00533. The van der Waals surface area contributed by atoms with E-state index in [2.05, 4.69) is 0 Å². The average molecular weight is 319 g/mol. The lowest BCUT2D eigenvalue weighted by atomic mass is 10.1. The smallest absolute Gasteiger partial charge is 0.311 e. The first-order chi connectivity index (χ1) is 11.1. The van der Waals surface area contributed by atoms with E-state index >= 15 is 0 Å². The van der Waals surface area contributed by atoms with Crippen LogP contribution < -0.4 is 4.74 Å². The number of hydrogen-bond donors (Lipinski definition) is 0. The fourth-order valence-corrected chi connectivity index (χ4v) is 2.76. The van der Waals surface area contributed by atoms with Gasteiger partial charge in [-0.15, -0.1) is 0 Å². The average Bonchev–Trinajstić information content (AvgIpc) is 2.96. The van der Waals surface area contributed by atoms with E-state index in [1.54, 1.807) is 12.0 Å². The number of rotatable bonds is 7. The first-order valence-electron chi connectivity index (χ1n) is 8.16. The van der Waals surface area contributed by atoms with Crippen LogP contribution in [0.15, 0.2) is 24.3 Å². The van der Waals surface area contributed by atoms with Crippen molar-refractivity contribution in [2.75, 3.05) is 20.3 Å². The number of carbonyl (C=O) groups excluding carboxylic acids is 2. The van der Waals surface area contributed by atoms with Crippen molar-refractivity contribution >= 4 is 11.9 Å². The van der Waals surface area contributed by atoms with Gasteiger partial charge in [0.2, 0.25) is 5.91 Å². The summed E-state index contributed by atoms with van der Waals surface area (Å²) >= 11 is 0. The quantitative estimate of drug-likeness (QED) is 0.573. The lowest BCUT2D eigenvalue weighted by Gasteiger charge is -2.25. The van der Waals surface area contributed by atoms with Crippen molar-refractivity contribution < 1.29 is 19.1 Å². The summed E-state index contributed by atoms with van der Waals surface area (Å²) in [5.74, 6) is 0.188. The van der Waals surface area contributed by atoms with Crippen molar-refractivity contribution in [3.8, 4) is 5.75 Å². The van der Waals surface area contributed by atoms with Gasteiger partial charge in [0.25, 0.3) is 0 Å². The van der Waals surface area contributed by atoms with Gasteiger partial charge in [0, 0.05) is 13.0 Å². The van der Waals surface area contributed by atoms with E-state index in [1.165, 1.54) is 0 Å². The summed E-state index contributed by atoms with van der Waals surface area (Å²) in [5.41, 5.74) is 1.03. The van der Waals surface area contributed by atoms with E-state index in [0.717, 1.165) is 24.2 Å². The van der Waals surface area contributed by atoms with E-state index in [1.807, 2.05) is 38.1 Å². The highest BCUT2D eigenvalue weighted by molar-refractivity contribution is 5.87. The Labute approximate surface area is 137 Å². The summed E-state index contributed by atoms with van der Waals surface area (Å²) in [7, 11) is 1.62. The van der Waals surface area contributed by atoms with Gasteiger partial charge in [0.15, 0.2) is 0 Å². The normalized spacial score (nSPS) is 18.8. The van der Waals surface area contributed by atoms with Crippen LogP contribution in [0.3, 0.4) is 0 Å². The van der Waals surface area contributed by atoms with Crippen molar-refractivity contribution in [3.05, 3.63) is 29.8 Å². The standard InChI is InChI=1S/C18H25NO4/c1-4-5-10-23-18(21)15-11-17(20)19(12-15)13(2)14-6-8-16(22-3)9-7-14/h6-9,13,15H,4-5,10-12H2,1-3H3/t13-,15?/m0/s1. The number of methoxy groups -OCH3 is 1. The number of carbonyl (C=O) groups is 2. The molecule has 0 saturated carbocycles. The Hall–Kier alpha value is -2.04. The number of nitrogens with zero attached hydrogens (tertiary/aromatic N) is 1. The number of ether oxygens (including phenoxy) is 2. The van der Waals surface area contributed by atoms with Crippen molar-refractivity contribution in [2.24, 2.45) is 5.92 Å². The number of benzene rings is 1. The number of unbranched alkanes of at least 4 members (excludes halogenated alkanes) is 1. The van der Waals surface area contributed by atoms with E-state index < -0.39 is 0 Å². The van der Waals surface area contributed by atoms with E-state index in [9.17, 15) is 9.59 Å². The molecule has 2 atom stereocenters. The molecule has 0 bridgehead atoms. The highest BCUT2D eigenvalue weighted by atomic mass is 16.5. The molecule has 1 aliphatic rings. The maximum Gasteiger partial charge on any atom is 0.311 e. The molecule has 23 heavy (non-hydrogen) atoms. The van der Waals surface area contributed by atoms with Gasteiger partial charge in [-0.05, 0) is 31.0 Å². The molecule has 5 nitrogen and oxygen atoms in total. The SMILES string of the molecule is CCCCOC(=O)C1CC(=O)N([C@@H](C)c2ccc(OC)cc2)C1. The molecule has 1 unspecified atom stereocenters. The summed E-state index contributed by atoms with van der Waals surface area (Å²) in [5, 5.41) is 0. The fourth-order valence-electron chi connectivity index (χ4n) is 2.76. The molecule has 0 aromatic heterocycles. The van der Waals surface area contributed by atoms with Crippen LogP contribution in [0.5, 0.6) is 5.75 Å². The van der Waals surface area contributed by atoms with Crippen LogP contribution in [0.2, 0.25) is 0 Å². The molecule has 0 radical (unpaired) electrons. The van der Waals surface area contributed by atoms with Crippen LogP contribution in [0, 0.1) is 5.92 Å². The predicted octanol–water partition coefficient (Wildman–Crippen LogP) is 2.95. The summed E-state index contributed by atoms with van der Waals surface area (Å²) in [6, 6.07) is 7.58. The minimum atomic E-state index is -0.347. The third-order valence-corrected chi connectivity index (χ3v) is 4.30. The van der Waals surface area contributed by atoms with Crippen LogP contribution in [0.1, 0.15) is 44.7 Å². The Kier molecular flexibility index (Phi) is 6.02. The van der Waals surface area contributed by atoms with Gasteiger partial charge in [-0.1, -0.05) is 25.5 Å². The van der Waals surface area contributed by atoms with Crippen LogP contribution in [0.4, 0.5) is 0 Å². The second kappa shape index (κ2) is 7.99. The monoisotopic (exact) mass is 319 g/mol. The van der Waals surface area contributed by atoms with Crippen LogP contribution in [-0.4, -0.2) is 37.0 Å². The van der Waals surface area contributed by atoms with Crippen LogP contribution in [-0.2, 0) is 14.3 Å². The van der Waals surface area contributed by atoms with Gasteiger partial charge < -0.3 is 14.4 Å². The summed E-state index contributed by atoms with van der Waals surface area (Å²) in [6.07, 6.45) is 2.08. The Morgan fingerprint density at radius 1 is 1.35 bits per heavy atom. The second-order valence-corrected chi connectivity index (χ2v) is 5.92. The van der Waals surface area contributed by atoms with E-state index in [4.69, 9.17) is 9.47 Å². The molecule has 0 spiro atoms. The largest absolute Gasteiger partial charge is 0.497 e. The lowest BCUT2D eigenvalue weighted by Crippen LogP contribution is -2.29. The molecule has 1 aliphatic heterocycles. The lowest BCUT2D eigenvalue weighted by molar-refractivity contribution is -0.148. The first kappa shape index (κ1) is 17.3. The van der Waals surface area contributed by atoms with Crippen molar-refractivity contribution in [1.82, 2.24) is 4.90 Å². The molecular weight excluding hydrogens is 294 g/mol. The molecule has 1 aromatic rings. The van der Waals surface area contributed by atoms with Gasteiger partial charge in [0.1, 0.15) is 5.75 Å². The zero-order chi connectivity index (χ0) is 16.8. The predicted molar refractivity (Wildman–Crippen MR) is 87.1 cm³/mol. The number of hydrogen-bond acceptors (Lipinski definition) is 4. The topological polar surface area (TPSA) is 55.8 Å². The molecule has 1 fully saturated rings. The number of amides is 1. The molecule has 5 heteroatoms. The van der Waals surface area contributed by atoms with Gasteiger partial charge in [-0.25, -0.2) is 0 Å². The van der Waals surface area contributed by atoms with Crippen molar-refractivity contribution in [2.45, 2.75) is 39.2 Å². The number of esters is 1. The molecule has 1 saturated heterocycles. The molecule has 0 aliphatic carbocycles. The van der Waals surface area contributed by atoms with Crippen molar-refractivity contribution in [1.29, 1.82) is 0 Å². The molecule has 1 heterocycles. The minimum Gasteiger partial charge on any atom is -0.497 e. The van der Waals surface area contributed by atoms with Gasteiger partial charge in [-0.3, -0.25) is 9.59 Å². The third-order valence-electron chi connectivity index (χ3n) is 4.30. The molecular formula is C18H25NO4. The van der Waals surface area contributed by atoms with Crippen LogP contribution >= 0.6 is 0 Å². The first-order valence-corrected chi connectivity index (χ1v) is 8.16. The van der Waals surface area contributed by atoms with E-state index in [-0.39, 0.29) is 30.3 Å². The Bertz CT molecular complexity index is 540. The highest BCUT2D eigenvalue weighted by Gasteiger charge is 2.37. The maximum atomic E-state index is 12.3. The van der Waals surface area contributed by atoms with Gasteiger partial charge in [0.05, 0.1) is 25.7 Å². The second-order valence-electron chi connectivity index (χ2n) is 5.92. The molecule has 1 aromatic carbocycles. The van der Waals surface area contributed by atoms with Gasteiger partial charge in [-0.2, -0.15) is 0 Å². The fraction of sp³-hybridized carbons (Fsp3) is 0.556. The Morgan fingerprint density at radius 3 is 2.65 bits per heavy atom. The molecule has 126 valence electrons.